The van der Waals surface area contributed by atoms with Crippen LogP contribution in [-0.2, 0) is 0 Å². The molecule has 100 valence electrons. The van der Waals surface area contributed by atoms with Crippen LogP contribution in [-0.4, -0.2) is 18.0 Å². The molecule has 0 unspecified atom stereocenters. The van der Waals surface area contributed by atoms with E-state index in [1.165, 1.54) is 57.8 Å². The second kappa shape index (κ2) is 9.56. The van der Waals surface area contributed by atoms with E-state index in [0.29, 0.717) is 0 Å². The fraction of sp³-hybridized carbons (Fsp3) is 0.875. The van der Waals surface area contributed by atoms with Crippen LogP contribution in [0.25, 0.3) is 0 Å². The van der Waals surface area contributed by atoms with E-state index in [-0.39, 0.29) is 0 Å². The van der Waals surface area contributed by atoms with E-state index >= 15 is 0 Å². The molecule has 0 amide bonds. The first-order chi connectivity index (χ1) is 8.36. The average Bonchev–Trinajstić information content (AvgIpc) is 3.16. The topological polar surface area (TPSA) is 3.24 Å². The van der Waals surface area contributed by atoms with Crippen molar-refractivity contribution < 1.29 is 0 Å². The number of unbranched alkanes of at least 4 members (excludes halogenated alkanes) is 5. The molecule has 0 heterocycles. The molecule has 0 saturated heterocycles. The zero-order chi connectivity index (χ0) is 12.3. The highest BCUT2D eigenvalue weighted by molar-refractivity contribution is 4.81. The molecule has 0 aromatic heterocycles. The Morgan fingerprint density at radius 1 is 0.941 bits per heavy atom. The van der Waals surface area contributed by atoms with Crippen molar-refractivity contribution in [1.29, 1.82) is 0 Å². The Morgan fingerprint density at radius 3 is 2.24 bits per heavy atom. The first-order valence-corrected chi connectivity index (χ1v) is 7.77. The van der Waals surface area contributed by atoms with Gasteiger partial charge in [-0.15, -0.1) is 0 Å². The van der Waals surface area contributed by atoms with Crippen molar-refractivity contribution >= 4 is 0 Å². The van der Waals surface area contributed by atoms with Gasteiger partial charge in [0.2, 0.25) is 0 Å². The Morgan fingerprint density at radius 2 is 1.59 bits per heavy atom. The normalized spacial score (nSPS) is 15.6. The molecule has 1 aliphatic carbocycles. The van der Waals surface area contributed by atoms with Gasteiger partial charge in [-0.3, -0.25) is 0 Å². The van der Waals surface area contributed by atoms with Gasteiger partial charge in [-0.05, 0) is 38.8 Å². The van der Waals surface area contributed by atoms with Crippen LogP contribution in [0.5, 0.6) is 0 Å². The maximum absolute atomic E-state index is 2.36. The number of rotatable bonds is 11. The Hall–Kier alpha value is -0.460. The maximum Gasteiger partial charge on any atom is 0.0143 e. The average molecular weight is 237 g/mol. The zero-order valence-corrected chi connectivity index (χ0v) is 12.0. The Balaban J connectivity index is 1.79. The molecule has 0 aromatic rings. The minimum absolute atomic E-state index is 1.13. The second-order valence-electron chi connectivity index (χ2n) is 5.39. The third-order valence-electron chi connectivity index (χ3n) is 3.81. The van der Waals surface area contributed by atoms with Gasteiger partial charge in [0, 0.05) is 13.1 Å². The summed E-state index contributed by atoms with van der Waals surface area (Å²) in [7, 11) is 0. The fourth-order valence-electron chi connectivity index (χ4n) is 2.29. The van der Waals surface area contributed by atoms with Gasteiger partial charge in [0.05, 0.1) is 0 Å². The smallest absolute Gasteiger partial charge is 0.0143 e. The van der Waals surface area contributed by atoms with Crippen molar-refractivity contribution in [3.63, 3.8) is 0 Å². The molecule has 0 N–H and O–H groups in total. The minimum Gasteiger partial charge on any atom is -0.378 e. The molecule has 1 aliphatic rings. The van der Waals surface area contributed by atoms with Crippen molar-refractivity contribution in [2.24, 2.45) is 5.92 Å². The van der Waals surface area contributed by atoms with E-state index in [1.54, 1.807) is 0 Å². The molecule has 17 heavy (non-hydrogen) atoms. The standard InChI is InChI=1S/C16H31N/c1-3-17(4-2)15-11-9-7-5-6-8-10-12-16-13-14-16/h11,15-16H,3-10,12-14H2,1-2H3/b15-11-. The molecular formula is C16H31N. The van der Waals surface area contributed by atoms with Gasteiger partial charge >= 0.3 is 0 Å². The highest BCUT2D eigenvalue weighted by atomic mass is 15.1. The Labute approximate surface area is 108 Å². The van der Waals surface area contributed by atoms with Gasteiger partial charge in [0.25, 0.3) is 0 Å². The first-order valence-electron chi connectivity index (χ1n) is 7.77. The third kappa shape index (κ3) is 8.29. The molecule has 0 radical (unpaired) electrons. The molecule has 1 heteroatoms. The summed E-state index contributed by atoms with van der Waals surface area (Å²) in [5.41, 5.74) is 0. The molecule has 1 saturated carbocycles. The third-order valence-corrected chi connectivity index (χ3v) is 3.81. The van der Waals surface area contributed by atoms with Gasteiger partial charge in [0.1, 0.15) is 0 Å². The largest absolute Gasteiger partial charge is 0.378 e. The van der Waals surface area contributed by atoms with E-state index in [0.717, 1.165) is 19.0 Å². The summed E-state index contributed by atoms with van der Waals surface area (Å²) >= 11 is 0. The van der Waals surface area contributed by atoms with Crippen LogP contribution in [0, 0.1) is 5.92 Å². The monoisotopic (exact) mass is 237 g/mol. The Bertz CT molecular complexity index is 190. The van der Waals surface area contributed by atoms with Crippen molar-refractivity contribution in [3.8, 4) is 0 Å². The molecule has 0 atom stereocenters. The lowest BCUT2D eigenvalue weighted by molar-refractivity contribution is 0.417. The predicted molar refractivity (Wildman–Crippen MR) is 77.1 cm³/mol. The summed E-state index contributed by atoms with van der Waals surface area (Å²) < 4.78 is 0. The molecule has 0 aliphatic heterocycles. The molecule has 0 aromatic carbocycles. The predicted octanol–water partition coefficient (Wildman–Crippen LogP) is 4.98. The lowest BCUT2D eigenvalue weighted by atomic mass is 10.1. The molecule has 1 fully saturated rings. The van der Waals surface area contributed by atoms with E-state index in [2.05, 4.69) is 31.0 Å². The van der Waals surface area contributed by atoms with Gasteiger partial charge < -0.3 is 4.90 Å². The summed E-state index contributed by atoms with van der Waals surface area (Å²) in [6.45, 7) is 6.70. The van der Waals surface area contributed by atoms with E-state index in [1.807, 2.05) is 0 Å². The van der Waals surface area contributed by atoms with Crippen LogP contribution in [0.1, 0.15) is 71.6 Å². The molecule has 0 spiro atoms. The van der Waals surface area contributed by atoms with Crippen LogP contribution >= 0.6 is 0 Å². The molecular weight excluding hydrogens is 206 g/mol. The van der Waals surface area contributed by atoms with Crippen molar-refractivity contribution in [2.45, 2.75) is 71.6 Å². The lowest BCUT2D eigenvalue weighted by Crippen LogP contribution is -2.14. The van der Waals surface area contributed by atoms with Crippen LogP contribution in [0.3, 0.4) is 0 Å². The highest BCUT2D eigenvalue weighted by Crippen LogP contribution is 2.34. The van der Waals surface area contributed by atoms with Crippen LogP contribution in [0.2, 0.25) is 0 Å². The number of allylic oxidation sites excluding steroid dienone is 1. The number of hydrogen-bond donors (Lipinski definition) is 0. The van der Waals surface area contributed by atoms with Crippen LogP contribution in [0.4, 0.5) is 0 Å². The summed E-state index contributed by atoms with van der Waals surface area (Å²) in [6, 6.07) is 0. The van der Waals surface area contributed by atoms with Crippen LogP contribution < -0.4 is 0 Å². The Kier molecular flexibility index (Phi) is 8.21. The van der Waals surface area contributed by atoms with E-state index in [4.69, 9.17) is 0 Å². The quantitative estimate of drug-likeness (QED) is 0.458. The van der Waals surface area contributed by atoms with E-state index < -0.39 is 0 Å². The molecule has 0 bridgehead atoms. The van der Waals surface area contributed by atoms with Gasteiger partial charge in [0.15, 0.2) is 0 Å². The zero-order valence-electron chi connectivity index (χ0n) is 12.0. The number of nitrogens with zero attached hydrogens (tertiary/aromatic N) is 1. The summed E-state index contributed by atoms with van der Waals surface area (Å²) in [4.78, 5) is 2.36. The number of hydrogen-bond acceptors (Lipinski definition) is 1. The van der Waals surface area contributed by atoms with Gasteiger partial charge in [-0.25, -0.2) is 0 Å². The maximum atomic E-state index is 2.36. The fourth-order valence-corrected chi connectivity index (χ4v) is 2.29. The van der Waals surface area contributed by atoms with Crippen LogP contribution in [0.15, 0.2) is 12.3 Å². The first kappa shape index (κ1) is 14.6. The van der Waals surface area contributed by atoms with Crippen molar-refractivity contribution in [2.75, 3.05) is 13.1 Å². The van der Waals surface area contributed by atoms with Gasteiger partial charge in [-0.2, -0.15) is 0 Å². The molecule has 1 nitrogen and oxygen atoms in total. The summed E-state index contributed by atoms with van der Waals surface area (Å²) in [6.07, 6.45) is 17.6. The summed E-state index contributed by atoms with van der Waals surface area (Å²) in [5.74, 6) is 1.13. The minimum atomic E-state index is 1.13. The molecule has 1 rings (SSSR count). The second-order valence-corrected chi connectivity index (χ2v) is 5.39. The van der Waals surface area contributed by atoms with Gasteiger partial charge in [-0.1, -0.05) is 51.0 Å². The van der Waals surface area contributed by atoms with Crippen molar-refractivity contribution in [1.82, 2.24) is 4.90 Å². The van der Waals surface area contributed by atoms with Crippen molar-refractivity contribution in [3.05, 3.63) is 12.3 Å². The SMILES string of the molecule is CCN(/C=C\CCCCCCCC1CC1)CC. The lowest BCUT2D eigenvalue weighted by Gasteiger charge is -2.14. The van der Waals surface area contributed by atoms with E-state index in [9.17, 15) is 0 Å². The summed E-state index contributed by atoms with van der Waals surface area (Å²) in [5, 5.41) is 0. The highest BCUT2D eigenvalue weighted by Gasteiger charge is 2.19.